The van der Waals surface area contributed by atoms with Gasteiger partial charge in [-0.05, 0) is 25.7 Å². The smallest absolute Gasteiger partial charge is 0.226 e. The second-order valence-corrected chi connectivity index (χ2v) is 4.91. The molecule has 5 heteroatoms. The third-order valence-electron chi connectivity index (χ3n) is 2.84. The Kier molecular flexibility index (Phi) is 7.75. The maximum Gasteiger partial charge on any atom is 0.226 e. The highest BCUT2D eigenvalue weighted by Gasteiger charge is 2.44. The number of ether oxygens (including phenoxy) is 1. The summed E-state index contributed by atoms with van der Waals surface area (Å²) < 4.78 is 5.39. The number of carbonyl (C=O) groups excluding carboxylic acids is 1. The van der Waals surface area contributed by atoms with Gasteiger partial charge in [0.05, 0.1) is 12.0 Å². The zero-order valence-electron chi connectivity index (χ0n) is 10.9. The third-order valence-corrected chi connectivity index (χ3v) is 2.84. The van der Waals surface area contributed by atoms with Crippen LogP contribution in [0.2, 0.25) is 0 Å². The maximum absolute atomic E-state index is 11.8. The van der Waals surface area contributed by atoms with Crippen molar-refractivity contribution in [2.45, 2.75) is 45.8 Å². The number of nitrogens with one attached hydrogen (secondary N) is 1. The van der Waals surface area contributed by atoms with Crippen molar-refractivity contribution in [3.8, 4) is 0 Å². The number of amides is 1. The van der Waals surface area contributed by atoms with Crippen LogP contribution in [0.15, 0.2) is 0 Å². The van der Waals surface area contributed by atoms with Gasteiger partial charge < -0.3 is 15.8 Å². The molecule has 0 bridgehead atoms. The molecule has 1 aliphatic rings. The Morgan fingerprint density at radius 1 is 1.53 bits per heavy atom. The van der Waals surface area contributed by atoms with Crippen LogP contribution in [0.4, 0.5) is 0 Å². The van der Waals surface area contributed by atoms with Crippen molar-refractivity contribution < 1.29 is 9.53 Å². The summed E-state index contributed by atoms with van der Waals surface area (Å²) in [6.45, 7) is 7.41. The molecule has 3 atom stereocenters. The molecule has 1 aliphatic carbocycles. The first-order valence-corrected chi connectivity index (χ1v) is 6.20. The largest absolute Gasteiger partial charge is 0.378 e. The monoisotopic (exact) mass is 264 g/mol. The predicted molar refractivity (Wildman–Crippen MR) is 71.2 cm³/mol. The van der Waals surface area contributed by atoms with E-state index in [1.165, 1.54) is 0 Å². The average molecular weight is 265 g/mol. The number of hydrogen-bond acceptors (Lipinski definition) is 3. The van der Waals surface area contributed by atoms with Gasteiger partial charge in [0, 0.05) is 19.2 Å². The van der Waals surface area contributed by atoms with Gasteiger partial charge in [-0.1, -0.05) is 13.8 Å². The van der Waals surface area contributed by atoms with Gasteiger partial charge in [0.1, 0.15) is 0 Å². The van der Waals surface area contributed by atoms with Crippen molar-refractivity contribution in [2.75, 3.05) is 13.2 Å². The zero-order valence-corrected chi connectivity index (χ0v) is 11.8. The van der Waals surface area contributed by atoms with Crippen LogP contribution in [-0.2, 0) is 9.53 Å². The lowest BCUT2D eigenvalue weighted by molar-refractivity contribution is -0.124. The van der Waals surface area contributed by atoms with Gasteiger partial charge in [-0.3, -0.25) is 4.79 Å². The van der Waals surface area contributed by atoms with E-state index in [1.807, 2.05) is 6.92 Å². The van der Waals surface area contributed by atoms with Gasteiger partial charge in [0.25, 0.3) is 0 Å². The van der Waals surface area contributed by atoms with Gasteiger partial charge in [-0.2, -0.15) is 0 Å². The summed E-state index contributed by atoms with van der Waals surface area (Å²) in [4.78, 5) is 11.8. The van der Waals surface area contributed by atoms with Crippen molar-refractivity contribution in [3.63, 3.8) is 0 Å². The fourth-order valence-corrected chi connectivity index (χ4v) is 1.94. The first kappa shape index (κ1) is 16.7. The van der Waals surface area contributed by atoms with Crippen molar-refractivity contribution in [2.24, 2.45) is 17.6 Å². The minimum Gasteiger partial charge on any atom is -0.378 e. The standard InChI is InChI=1S/C12H24N2O2.ClH/c1-4-16-11-6-10(11)12(15)14-9(7-13)5-8(2)3;/h8-11H,4-7,13H2,1-3H3,(H,14,15);1H. The number of halogens is 1. The van der Waals surface area contributed by atoms with Crippen LogP contribution in [0.3, 0.4) is 0 Å². The van der Waals surface area contributed by atoms with Crippen LogP contribution in [0, 0.1) is 11.8 Å². The Labute approximate surface area is 110 Å². The molecule has 3 unspecified atom stereocenters. The molecule has 1 fully saturated rings. The molecule has 17 heavy (non-hydrogen) atoms. The zero-order chi connectivity index (χ0) is 12.1. The van der Waals surface area contributed by atoms with Crippen LogP contribution in [0.5, 0.6) is 0 Å². The molecule has 102 valence electrons. The molecule has 0 saturated heterocycles. The molecule has 0 radical (unpaired) electrons. The highest BCUT2D eigenvalue weighted by Crippen LogP contribution is 2.33. The maximum atomic E-state index is 11.8. The topological polar surface area (TPSA) is 64.3 Å². The van der Waals surface area contributed by atoms with E-state index in [4.69, 9.17) is 10.5 Å². The lowest BCUT2D eigenvalue weighted by Crippen LogP contribution is -2.42. The summed E-state index contributed by atoms with van der Waals surface area (Å²) in [5.41, 5.74) is 5.64. The number of nitrogens with two attached hydrogens (primary N) is 1. The second kappa shape index (κ2) is 7.90. The van der Waals surface area contributed by atoms with E-state index in [0.29, 0.717) is 19.1 Å². The molecule has 0 heterocycles. The first-order chi connectivity index (χ1) is 7.58. The molecule has 1 amide bonds. The summed E-state index contributed by atoms with van der Waals surface area (Å²) in [6.07, 6.45) is 1.94. The van der Waals surface area contributed by atoms with Crippen LogP contribution in [-0.4, -0.2) is 31.2 Å². The second-order valence-electron chi connectivity index (χ2n) is 4.91. The SMILES string of the molecule is CCOC1CC1C(=O)NC(CN)CC(C)C.Cl. The summed E-state index contributed by atoms with van der Waals surface area (Å²) in [5, 5.41) is 3.00. The fourth-order valence-electron chi connectivity index (χ4n) is 1.94. The van der Waals surface area contributed by atoms with Crippen molar-refractivity contribution in [3.05, 3.63) is 0 Å². The normalized spacial score (nSPS) is 24.1. The highest BCUT2D eigenvalue weighted by molar-refractivity contribution is 5.85. The van der Waals surface area contributed by atoms with Gasteiger partial charge in [-0.25, -0.2) is 0 Å². The van der Waals surface area contributed by atoms with Crippen LogP contribution in [0.25, 0.3) is 0 Å². The van der Waals surface area contributed by atoms with Crippen LogP contribution >= 0.6 is 12.4 Å². The average Bonchev–Trinajstić information content (AvgIpc) is 2.96. The van der Waals surface area contributed by atoms with Crippen molar-refractivity contribution >= 4 is 18.3 Å². The van der Waals surface area contributed by atoms with E-state index < -0.39 is 0 Å². The Morgan fingerprint density at radius 2 is 2.18 bits per heavy atom. The molecule has 0 aromatic heterocycles. The van der Waals surface area contributed by atoms with E-state index in [1.54, 1.807) is 0 Å². The Morgan fingerprint density at radius 3 is 2.65 bits per heavy atom. The van der Waals surface area contributed by atoms with Gasteiger partial charge in [-0.15, -0.1) is 12.4 Å². The first-order valence-electron chi connectivity index (χ1n) is 6.20. The molecule has 0 aliphatic heterocycles. The van der Waals surface area contributed by atoms with E-state index in [9.17, 15) is 4.79 Å². The van der Waals surface area contributed by atoms with E-state index >= 15 is 0 Å². The molecule has 4 nitrogen and oxygen atoms in total. The van der Waals surface area contributed by atoms with Crippen molar-refractivity contribution in [1.29, 1.82) is 0 Å². The van der Waals surface area contributed by atoms with Gasteiger partial charge in [0.15, 0.2) is 0 Å². The molecule has 0 spiro atoms. The number of hydrogen-bond donors (Lipinski definition) is 2. The lowest BCUT2D eigenvalue weighted by atomic mass is 10.0. The van der Waals surface area contributed by atoms with Gasteiger partial charge in [0.2, 0.25) is 5.91 Å². The Hall–Kier alpha value is -0.320. The quantitative estimate of drug-likeness (QED) is 0.729. The molecule has 0 aromatic rings. The van der Waals surface area contributed by atoms with Gasteiger partial charge >= 0.3 is 0 Å². The molecular formula is C12H25ClN2O2. The number of rotatable bonds is 7. The molecule has 1 rings (SSSR count). The van der Waals surface area contributed by atoms with Crippen molar-refractivity contribution in [1.82, 2.24) is 5.32 Å². The summed E-state index contributed by atoms with van der Waals surface area (Å²) in [7, 11) is 0. The molecular weight excluding hydrogens is 240 g/mol. The minimum atomic E-state index is 0. The summed E-state index contributed by atoms with van der Waals surface area (Å²) >= 11 is 0. The predicted octanol–water partition coefficient (Wildman–Crippen LogP) is 1.32. The highest BCUT2D eigenvalue weighted by atomic mass is 35.5. The van der Waals surface area contributed by atoms with Crippen LogP contribution in [0.1, 0.15) is 33.6 Å². The Balaban J connectivity index is 0.00000256. The minimum absolute atomic E-state index is 0. The van der Waals surface area contributed by atoms with E-state index in [0.717, 1.165) is 12.8 Å². The number of carbonyl (C=O) groups is 1. The third kappa shape index (κ3) is 5.70. The summed E-state index contributed by atoms with van der Waals surface area (Å²) in [6, 6.07) is 0.107. The summed E-state index contributed by atoms with van der Waals surface area (Å²) in [5.74, 6) is 0.714. The van der Waals surface area contributed by atoms with Crippen LogP contribution < -0.4 is 11.1 Å². The lowest BCUT2D eigenvalue weighted by Gasteiger charge is -2.18. The molecule has 3 N–H and O–H groups in total. The fraction of sp³-hybridized carbons (Fsp3) is 0.917. The van der Waals surface area contributed by atoms with E-state index in [2.05, 4.69) is 19.2 Å². The molecule has 0 aromatic carbocycles. The van der Waals surface area contributed by atoms with E-state index in [-0.39, 0.29) is 36.4 Å². The molecule has 1 saturated carbocycles. The Bertz CT molecular complexity index is 237.